The average Bonchev–Trinajstić information content (AvgIpc) is 3.15. The van der Waals surface area contributed by atoms with Gasteiger partial charge in [0.1, 0.15) is 5.82 Å². The van der Waals surface area contributed by atoms with Gasteiger partial charge in [0.05, 0.1) is 23.8 Å². The van der Waals surface area contributed by atoms with Crippen LogP contribution in [0.3, 0.4) is 0 Å². The topological polar surface area (TPSA) is 79.0 Å². The summed E-state index contributed by atoms with van der Waals surface area (Å²) >= 11 is 0. The third-order valence-electron chi connectivity index (χ3n) is 5.40. The maximum atomic E-state index is 13.7. The Bertz CT molecular complexity index is 910. The molecule has 3 aliphatic heterocycles. The molecule has 0 unspecified atom stereocenters. The third-order valence-corrected chi connectivity index (χ3v) is 7.27. The van der Waals surface area contributed by atoms with Gasteiger partial charge in [0.2, 0.25) is 9.84 Å². The van der Waals surface area contributed by atoms with E-state index in [-0.39, 0.29) is 9.80 Å². The van der Waals surface area contributed by atoms with E-state index < -0.39 is 21.6 Å². The van der Waals surface area contributed by atoms with Crippen LogP contribution in [0.5, 0.6) is 0 Å². The van der Waals surface area contributed by atoms with Crippen LogP contribution >= 0.6 is 0 Å². The molecule has 152 valence electrons. The Morgan fingerprint density at radius 2 is 2.00 bits per heavy atom. The van der Waals surface area contributed by atoms with Crippen LogP contribution in [0, 0.1) is 5.82 Å². The Hall–Kier alpha value is -1.97. The number of morpholine rings is 1. The summed E-state index contributed by atoms with van der Waals surface area (Å²) in [4.78, 5) is 16.5. The Morgan fingerprint density at radius 1 is 1.21 bits per heavy atom. The van der Waals surface area contributed by atoms with Gasteiger partial charge in [0.25, 0.3) is 5.91 Å². The van der Waals surface area contributed by atoms with Crippen LogP contribution < -0.4 is 10.2 Å². The van der Waals surface area contributed by atoms with E-state index in [1.165, 1.54) is 12.1 Å². The zero-order chi connectivity index (χ0) is 19.7. The number of amides is 1. The Morgan fingerprint density at radius 3 is 2.79 bits per heavy atom. The van der Waals surface area contributed by atoms with Crippen molar-refractivity contribution in [1.82, 2.24) is 10.2 Å². The molecule has 2 fully saturated rings. The van der Waals surface area contributed by atoms with E-state index in [9.17, 15) is 17.6 Å². The zero-order valence-electron chi connectivity index (χ0n) is 15.6. The lowest BCUT2D eigenvalue weighted by atomic mass is 10.2. The van der Waals surface area contributed by atoms with Gasteiger partial charge in [-0.05, 0) is 44.0 Å². The highest BCUT2D eigenvalue weighted by molar-refractivity contribution is 7.96. The first kappa shape index (κ1) is 19.4. The first-order valence-corrected chi connectivity index (χ1v) is 11.1. The standard InChI is InChI=1S/C19H24FN3O4S/c20-14-4-5-15-17(13-14)28(25,26)18(16-3-1-8-23(15)16)19(24)21-6-2-7-22-9-11-27-12-10-22/h4-5,13H,1-3,6-12H2,(H,21,24). The molecule has 0 radical (unpaired) electrons. The highest BCUT2D eigenvalue weighted by Gasteiger charge is 2.41. The van der Waals surface area contributed by atoms with Crippen molar-refractivity contribution in [1.29, 1.82) is 0 Å². The zero-order valence-corrected chi connectivity index (χ0v) is 16.4. The molecule has 1 aromatic rings. The van der Waals surface area contributed by atoms with Crippen LogP contribution in [0.15, 0.2) is 33.7 Å². The molecule has 2 saturated heterocycles. The van der Waals surface area contributed by atoms with E-state index in [1.54, 1.807) is 0 Å². The van der Waals surface area contributed by atoms with E-state index in [0.717, 1.165) is 38.5 Å². The molecule has 1 aromatic carbocycles. The van der Waals surface area contributed by atoms with Gasteiger partial charge < -0.3 is 15.0 Å². The molecule has 3 aliphatic rings. The predicted octanol–water partition coefficient (Wildman–Crippen LogP) is 1.26. The molecule has 9 heteroatoms. The van der Waals surface area contributed by atoms with E-state index in [2.05, 4.69) is 10.2 Å². The van der Waals surface area contributed by atoms with Crippen molar-refractivity contribution >= 4 is 21.4 Å². The van der Waals surface area contributed by atoms with Crippen molar-refractivity contribution in [2.45, 2.75) is 24.2 Å². The molecular formula is C19H24FN3O4S. The number of fused-ring (bicyclic) bond motifs is 3. The third kappa shape index (κ3) is 3.54. The van der Waals surface area contributed by atoms with E-state index >= 15 is 0 Å². The fraction of sp³-hybridized carbons (Fsp3) is 0.526. The van der Waals surface area contributed by atoms with Crippen molar-refractivity contribution in [3.8, 4) is 0 Å². The minimum Gasteiger partial charge on any atom is -0.379 e. The maximum Gasteiger partial charge on any atom is 0.265 e. The number of benzene rings is 1. The Labute approximate surface area is 164 Å². The fourth-order valence-corrected chi connectivity index (χ4v) is 5.81. The lowest BCUT2D eigenvalue weighted by Gasteiger charge is -2.30. The lowest BCUT2D eigenvalue weighted by Crippen LogP contribution is -2.39. The van der Waals surface area contributed by atoms with Crippen molar-refractivity contribution < 1.29 is 22.3 Å². The highest BCUT2D eigenvalue weighted by atomic mass is 32.2. The summed E-state index contributed by atoms with van der Waals surface area (Å²) in [6.07, 6.45) is 2.01. The largest absolute Gasteiger partial charge is 0.379 e. The molecule has 0 aliphatic carbocycles. The number of allylic oxidation sites excluding steroid dienone is 1. The van der Waals surface area contributed by atoms with Crippen LogP contribution in [0.25, 0.3) is 0 Å². The molecule has 0 spiro atoms. The van der Waals surface area contributed by atoms with E-state index in [4.69, 9.17) is 4.74 Å². The summed E-state index contributed by atoms with van der Waals surface area (Å²) in [6, 6.07) is 3.73. The first-order valence-electron chi connectivity index (χ1n) is 9.62. The molecule has 1 amide bonds. The SMILES string of the molecule is O=C(NCCCN1CCOCC1)C1=C2CCCN2c2ccc(F)cc2S1(=O)=O. The first-order chi connectivity index (χ1) is 13.5. The molecular weight excluding hydrogens is 385 g/mol. The van der Waals surface area contributed by atoms with Crippen LogP contribution in [0.4, 0.5) is 10.1 Å². The number of ether oxygens (including phenoxy) is 1. The predicted molar refractivity (Wildman–Crippen MR) is 102 cm³/mol. The molecule has 4 rings (SSSR count). The van der Waals surface area contributed by atoms with Crippen LogP contribution in [0.1, 0.15) is 19.3 Å². The smallest absolute Gasteiger partial charge is 0.265 e. The summed E-state index contributed by atoms with van der Waals surface area (Å²) < 4.78 is 45.2. The van der Waals surface area contributed by atoms with Gasteiger partial charge in [0.15, 0.2) is 4.91 Å². The van der Waals surface area contributed by atoms with Crippen molar-refractivity contribution in [3.05, 3.63) is 34.6 Å². The minimum atomic E-state index is -4.06. The fourth-order valence-electron chi connectivity index (χ4n) is 4.03. The van der Waals surface area contributed by atoms with Crippen molar-refractivity contribution in [2.75, 3.05) is 50.8 Å². The molecule has 1 N–H and O–H groups in total. The normalized spacial score (nSPS) is 21.4. The van der Waals surface area contributed by atoms with E-state index in [0.29, 0.717) is 44.1 Å². The summed E-state index contributed by atoms with van der Waals surface area (Å²) in [5.74, 6) is -1.23. The molecule has 0 saturated carbocycles. The van der Waals surface area contributed by atoms with Crippen molar-refractivity contribution in [2.24, 2.45) is 0 Å². The quantitative estimate of drug-likeness (QED) is 0.738. The number of sulfone groups is 1. The monoisotopic (exact) mass is 409 g/mol. The number of nitrogens with one attached hydrogen (secondary N) is 1. The summed E-state index contributed by atoms with van der Waals surface area (Å²) in [7, 11) is -4.06. The molecule has 0 bridgehead atoms. The summed E-state index contributed by atoms with van der Waals surface area (Å²) in [6.45, 7) is 5.00. The second-order valence-electron chi connectivity index (χ2n) is 7.21. The number of hydrogen-bond acceptors (Lipinski definition) is 6. The second-order valence-corrected chi connectivity index (χ2v) is 9.06. The second kappa shape index (κ2) is 7.81. The molecule has 28 heavy (non-hydrogen) atoms. The molecule has 7 nitrogen and oxygen atoms in total. The molecule has 0 atom stereocenters. The summed E-state index contributed by atoms with van der Waals surface area (Å²) in [5.41, 5.74) is 0.975. The summed E-state index contributed by atoms with van der Waals surface area (Å²) in [5, 5.41) is 2.75. The number of anilines is 1. The van der Waals surface area contributed by atoms with Gasteiger partial charge >= 0.3 is 0 Å². The number of hydrogen-bond donors (Lipinski definition) is 1. The Kier molecular flexibility index (Phi) is 5.39. The van der Waals surface area contributed by atoms with Gasteiger partial charge in [0, 0.05) is 31.9 Å². The van der Waals surface area contributed by atoms with Gasteiger partial charge in [-0.3, -0.25) is 9.69 Å². The molecule has 3 heterocycles. The van der Waals surface area contributed by atoms with Gasteiger partial charge in [-0.25, -0.2) is 12.8 Å². The Balaban J connectivity index is 1.50. The average molecular weight is 409 g/mol. The number of rotatable bonds is 5. The van der Waals surface area contributed by atoms with Crippen molar-refractivity contribution in [3.63, 3.8) is 0 Å². The number of nitrogens with zero attached hydrogens (tertiary/aromatic N) is 2. The van der Waals surface area contributed by atoms with E-state index in [1.807, 2.05) is 4.90 Å². The number of carbonyl (C=O) groups is 1. The van der Waals surface area contributed by atoms with Crippen LogP contribution in [0.2, 0.25) is 0 Å². The minimum absolute atomic E-state index is 0.128. The highest BCUT2D eigenvalue weighted by Crippen LogP contribution is 2.43. The maximum absolute atomic E-state index is 13.7. The number of halogens is 1. The van der Waals surface area contributed by atoms with Gasteiger partial charge in [-0.1, -0.05) is 0 Å². The lowest BCUT2D eigenvalue weighted by molar-refractivity contribution is -0.116. The molecule has 0 aromatic heterocycles. The van der Waals surface area contributed by atoms with Crippen LogP contribution in [-0.4, -0.2) is 65.2 Å². The number of carbonyl (C=O) groups excluding carboxylic acids is 1. The van der Waals surface area contributed by atoms with Gasteiger partial charge in [-0.15, -0.1) is 0 Å². The van der Waals surface area contributed by atoms with Gasteiger partial charge in [-0.2, -0.15) is 0 Å². The van der Waals surface area contributed by atoms with Crippen LogP contribution in [-0.2, 0) is 19.4 Å².